The number of hydrogen-bond donors (Lipinski definition) is 1. The molecule has 1 heterocycles. The second-order valence-electron chi connectivity index (χ2n) is 4.07. The van der Waals surface area contributed by atoms with Crippen molar-refractivity contribution in [2.75, 3.05) is 13.7 Å². The molecule has 20 heavy (non-hydrogen) atoms. The molecule has 0 atom stereocenters. The zero-order valence-electron chi connectivity index (χ0n) is 11.3. The predicted octanol–water partition coefficient (Wildman–Crippen LogP) is 2.82. The summed E-state index contributed by atoms with van der Waals surface area (Å²) in [5, 5.41) is 8.64. The van der Waals surface area contributed by atoms with E-state index in [-0.39, 0.29) is 6.61 Å². The largest absolute Gasteiger partial charge is 0.497 e. The van der Waals surface area contributed by atoms with E-state index in [0.29, 0.717) is 13.2 Å². The highest BCUT2D eigenvalue weighted by Crippen LogP contribution is 2.17. The summed E-state index contributed by atoms with van der Waals surface area (Å²) in [4.78, 5) is 2.07. The quantitative estimate of drug-likeness (QED) is 0.860. The lowest BCUT2D eigenvalue weighted by Gasteiger charge is -2.04. The summed E-state index contributed by atoms with van der Waals surface area (Å²) in [6.07, 6.45) is 0. The smallest absolute Gasteiger partial charge is 0.118 e. The van der Waals surface area contributed by atoms with Gasteiger partial charge in [0.1, 0.15) is 12.4 Å². The highest BCUT2D eigenvalue weighted by atomic mass is 32.1. The average Bonchev–Trinajstić information content (AvgIpc) is 2.94. The Morgan fingerprint density at radius 3 is 2.60 bits per heavy atom. The number of ether oxygens (including phenoxy) is 2. The number of thiophene rings is 1. The first kappa shape index (κ1) is 14.6. The minimum atomic E-state index is -0.110. The number of hydrogen-bond acceptors (Lipinski definition) is 4. The van der Waals surface area contributed by atoms with Gasteiger partial charge in [0.25, 0.3) is 0 Å². The van der Waals surface area contributed by atoms with Gasteiger partial charge in [-0.15, -0.1) is 11.3 Å². The molecule has 0 fully saturated rings. The molecular weight excluding hydrogens is 272 g/mol. The fourth-order valence-corrected chi connectivity index (χ4v) is 2.46. The predicted molar refractivity (Wildman–Crippen MR) is 79.8 cm³/mol. The molecule has 0 aliphatic rings. The fraction of sp³-hybridized carbons (Fsp3) is 0.250. The number of methoxy groups -OCH3 is 1. The SMILES string of the molecule is COc1ccc(COCc2ccc(C#CCO)s2)cc1. The Morgan fingerprint density at radius 2 is 1.90 bits per heavy atom. The summed E-state index contributed by atoms with van der Waals surface area (Å²) in [6, 6.07) is 11.8. The molecule has 0 aliphatic carbocycles. The summed E-state index contributed by atoms with van der Waals surface area (Å²) < 4.78 is 10.8. The van der Waals surface area contributed by atoms with Crippen LogP contribution in [0.5, 0.6) is 5.75 Å². The molecule has 0 saturated carbocycles. The van der Waals surface area contributed by atoms with Crippen LogP contribution < -0.4 is 4.74 Å². The normalized spacial score (nSPS) is 9.90. The van der Waals surface area contributed by atoms with Crippen molar-refractivity contribution < 1.29 is 14.6 Å². The van der Waals surface area contributed by atoms with Crippen molar-refractivity contribution in [2.45, 2.75) is 13.2 Å². The Hall–Kier alpha value is -1.80. The summed E-state index contributed by atoms with van der Waals surface area (Å²) in [5.41, 5.74) is 1.11. The standard InChI is InChI=1S/C16H16O3S/c1-18-14-6-4-13(5-7-14)11-19-12-16-9-8-15(20-16)3-2-10-17/h4-9,17H,10-12H2,1H3. The second kappa shape index (κ2) is 7.71. The van der Waals surface area contributed by atoms with Crippen LogP contribution in [0.2, 0.25) is 0 Å². The van der Waals surface area contributed by atoms with Crippen molar-refractivity contribution in [3.8, 4) is 17.6 Å². The van der Waals surface area contributed by atoms with Crippen LogP contribution in [-0.2, 0) is 18.0 Å². The minimum absolute atomic E-state index is 0.110. The first-order chi connectivity index (χ1) is 9.81. The topological polar surface area (TPSA) is 38.7 Å². The maximum Gasteiger partial charge on any atom is 0.118 e. The van der Waals surface area contributed by atoms with Crippen molar-refractivity contribution in [3.63, 3.8) is 0 Å². The lowest BCUT2D eigenvalue weighted by Crippen LogP contribution is -1.92. The molecule has 2 rings (SSSR count). The fourth-order valence-electron chi connectivity index (χ4n) is 1.64. The zero-order valence-corrected chi connectivity index (χ0v) is 12.1. The van der Waals surface area contributed by atoms with Crippen LogP contribution in [-0.4, -0.2) is 18.8 Å². The van der Waals surface area contributed by atoms with Crippen molar-refractivity contribution >= 4 is 11.3 Å². The van der Waals surface area contributed by atoms with E-state index in [1.165, 1.54) is 0 Å². The Balaban J connectivity index is 1.81. The average molecular weight is 288 g/mol. The van der Waals surface area contributed by atoms with Gasteiger partial charge < -0.3 is 14.6 Å². The van der Waals surface area contributed by atoms with Gasteiger partial charge in [-0.25, -0.2) is 0 Å². The van der Waals surface area contributed by atoms with Crippen molar-refractivity contribution in [1.82, 2.24) is 0 Å². The van der Waals surface area contributed by atoms with Crippen LogP contribution in [0.15, 0.2) is 36.4 Å². The summed E-state index contributed by atoms with van der Waals surface area (Å²) in [6.45, 7) is 1.03. The Bertz CT molecular complexity index is 590. The van der Waals surface area contributed by atoms with Gasteiger partial charge >= 0.3 is 0 Å². The first-order valence-electron chi connectivity index (χ1n) is 6.21. The molecule has 0 unspecified atom stereocenters. The molecule has 4 heteroatoms. The molecule has 1 N–H and O–H groups in total. The zero-order chi connectivity index (χ0) is 14.2. The summed E-state index contributed by atoms with van der Waals surface area (Å²) >= 11 is 1.58. The Morgan fingerprint density at radius 1 is 1.10 bits per heavy atom. The number of benzene rings is 1. The molecule has 0 bridgehead atoms. The number of aliphatic hydroxyl groups excluding tert-OH is 1. The highest BCUT2D eigenvalue weighted by Gasteiger charge is 1.99. The van der Waals surface area contributed by atoms with Crippen molar-refractivity contribution in [1.29, 1.82) is 0 Å². The molecule has 1 aromatic carbocycles. The van der Waals surface area contributed by atoms with Crippen LogP contribution in [0.3, 0.4) is 0 Å². The van der Waals surface area contributed by atoms with E-state index in [4.69, 9.17) is 14.6 Å². The van der Waals surface area contributed by atoms with Gasteiger partial charge in [0, 0.05) is 4.88 Å². The molecule has 2 aromatic rings. The molecule has 1 aromatic heterocycles. The van der Waals surface area contributed by atoms with E-state index in [1.54, 1.807) is 18.4 Å². The van der Waals surface area contributed by atoms with Gasteiger partial charge in [-0.05, 0) is 29.8 Å². The molecule has 0 aliphatic heterocycles. The summed E-state index contributed by atoms with van der Waals surface area (Å²) in [7, 11) is 1.65. The third-order valence-electron chi connectivity index (χ3n) is 2.62. The van der Waals surface area contributed by atoms with Crippen LogP contribution in [0.25, 0.3) is 0 Å². The molecule has 0 radical (unpaired) electrons. The lowest BCUT2D eigenvalue weighted by molar-refractivity contribution is 0.109. The van der Waals surface area contributed by atoms with Crippen LogP contribution in [0, 0.1) is 11.8 Å². The van der Waals surface area contributed by atoms with Crippen LogP contribution >= 0.6 is 11.3 Å². The molecule has 3 nitrogen and oxygen atoms in total. The Labute approximate surface area is 122 Å². The van der Waals surface area contributed by atoms with Crippen molar-refractivity contribution in [2.24, 2.45) is 0 Å². The van der Waals surface area contributed by atoms with Crippen LogP contribution in [0.4, 0.5) is 0 Å². The molecule has 0 saturated heterocycles. The van der Waals surface area contributed by atoms with E-state index in [0.717, 1.165) is 21.1 Å². The molecule has 0 spiro atoms. The summed E-state index contributed by atoms with van der Waals surface area (Å²) in [5.74, 6) is 6.36. The van der Waals surface area contributed by atoms with Crippen molar-refractivity contribution in [3.05, 3.63) is 51.7 Å². The lowest BCUT2D eigenvalue weighted by atomic mass is 10.2. The van der Waals surface area contributed by atoms with E-state index in [9.17, 15) is 0 Å². The first-order valence-corrected chi connectivity index (χ1v) is 7.02. The van der Waals surface area contributed by atoms with Gasteiger partial charge in [-0.2, -0.15) is 0 Å². The van der Waals surface area contributed by atoms with Gasteiger partial charge in [0.2, 0.25) is 0 Å². The van der Waals surface area contributed by atoms with E-state index < -0.39 is 0 Å². The van der Waals surface area contributed by atoms with E-state index in [1.807, 2.05) is 36.4 Å². The monoisotopic (exact) mass is 288 g/mol. The third-order valence-corrected chi connectivity index (χ3v) is 3.60. The number of aliphatic hydroxyl groups is 1. The van der Waals surface area contributed by atoms with E-state index >= 15 is 0 Å². The Kier molecular flexibility index (Phi) is 5.63. The minimum Gasteiger partial charge on any atom is -0.497 e. The molecule has 0 amide bonds. The van der Waals surface area contributed by atoms with E-state index in [2.05, 4.69) is 11.8 Å². The molecule has 104 valence electrons. The maximum atomic E-state index is 8.64. The van der Waals surface area contributed by atoms with Gasteiger partial charge in [0.15, 0.2) is 0 Å². The molecular formula is C16H16O3S. The third kappa shape index (κ3) is 4.39. The number of rotatable bonds is 5. The highest BCUT2D eigenvalue weighted by molar-refractivity contribution is 7.12. The maximum absolute atomic E-state index is 8.64. The second-order valence-corrected chi connectivity index (χ2v) is 5.24. The van der Waals surface area contributed by atoms with Crippen LogP contribution in [0.1, 0.15) is 15.3 Å². The van der Waals surface area contributed by atoms with Gasteiger partial charge in [-0.3, -0.25) is 0 Å². The van der Waals surface area contributed by atoms with Gasteiger partial charge in [-0.1, -0.05) is 24.0 Å². The van der Waals surface area contributed by atoms with Gasteiger partial charge in [0.05, 0.1) is 25.2 Å².